The van der Waals surface area contributed by atoms with Gasteiger partial charge in [0.15, 0.2) is 0 Å². The summed E-state index contributed by atoms with van der Waals surface area (Å²) in [7, 11) is 0. The van der Waals surface area contributed by atoms with Crippen molar-refractivity contribution in [3.05, 3.63) is 34.9 Å². The second kappa shape index (κ2) is 7.67. The summed E-state index contributed by atoms with van der Waals surface area (Å²) in [6.07, 6.45) is 1.55. The van der Waals surface area contributed by atoms with Crippen molar-refractivity contribution in [3.8, 4) is 0 Å². The third-order valence-corrected chi connectivity index (χ3v) is 4.36. The molecule has 1 aliphatic rings. The molecule has 2 unspecified atom stereocenters. The monoisotopic (exact) mass is 338 g/mol. The quantitative estimate of drug-likeness (QED) is 0.917. The molecule has 0 spiro atoms. The predicted octanol–water partition coefficient (Wildman–Crippen LogP) is 3.49. The summed E-state index contributed by atoms with van der Waals surface area (Å²) in [5.41, 5.74) is 10.1. The topological polar surface area (TPSA) is 46.3 Å². The molecule has 1 aromatic rings. The van der Waals surface area contributed by atoms with Gasteiger partial charge in [-0.05, 0) is 37.2 Å². The first-order valence-electron chi connectivity index (χ1n) is 8.24. The van der Waals surface area contributed by atoms with E-state index in [1.165, 1.54) is 11.1 Å². The maximum Gasteiger partial charge on any atom is 0.227 e. The molecule has 0 aromatic heterocycles. The Labute approximate surface area is 147 Å². The van der Waals surface area contributed by atoms with Gasteiger partial charge >= 0.3 is 0 Å². The second-order valence-electron chi connectivity index (χ2n) is 8.16. The van der Waals surface area contributed by atoms with Gasteiger partial charge in [0.05, 0.1) is 6.42 Å². The molecule has 2 atom stereocenters. The van der Waals surface area contributed by atoms with Gasteiger partial charge in [-0.1, -0.05) is 50.1 Å². The Morgan fingerprint density at radius 2 is 1.74 bits per heavy atom. The molecule has 2 rings (SSSR count). The largest absolute Gasteiger partial charge is 0.341 e. The van der Waals surface area contributed by atoms with Gasteiger partial charge in [0.25, 0.3) is 0 Å². The number of nitrogens with two attached hydrogens (primary N) is 1. The number of aryl methyl sites for hydroxylation is 2. The van der Waals surface area contributed by atoms with Crippen molar-refractivity contribution in [2.75, 3.05) is 13.1 Å². The van der Waals surface area contributed by atoms with Crippen LogP contribution < -0.4 is 5.73 Å². The van der Waals surface area contributed by atoms with E-state index in [2.05, 4.69) is 52.8 Å². The first-order valence-corrected chi connectivity index (χ1v) is 8.24. The molecule has 0 aliphatic carbocycles. The van der Waals surface area contributed by atoms with Crippen molar-refractivity contribution in [1.82, 2.24) is 4.90 Å². The van der Waals surface area contributed by atoms with Crippen molar-refractivity contribution in [3.63, 3.8) is 0 Å². The zero-order chi connectivity index (χ0) is 16.5. The number of benzene rings is 1. The van der Waals surface area contributed by atoms with Crippen LogP contribution in [0.15, 0.2) is 18.2 Å². The van der Waals surface area contributed by atoms with E-state index in [1.807, 2.05) is 4.90 Å². The molecule has 1 aliphatic heterocycles. The van der Waals surface area contributed by atoms with Gasteiger partial charge in [0.1, 0.15) is 0 Å². The molecule has 0 bridgehead atoms. The minimum absolute atomic E-state index is 0. The number of hydrogen-bond acceptors (Lipinski definition) is 2. The average Bonchev–Trinajstić information content (AvgIpc) is 2.67. The summed E-state index contributed by atoms with van der Waals surface area (Å²) in [4.78, 5) is 14.5. The van der Waals surface area contributed by atoms with E-state index in [9.17, 15) is 4.79 Å². The van der Waals surface area contributed by atoms with Crippen molar-refractivity contribution in [1.29, 1.82) is 0 Å². The smallest absolute Gasteiger partial charge is 0.227 e. The van der Waals surface area contributed by atoms with E-state index in [-0.39, 0.29) is 29.8 Å². The van der Waals surface area contributed by atoms with Crippen molar-refractivity contribution in [2.45, 2.75) is 53.5 Å². The SMILES string of the molecule is Cc1cc(C)cc(CC(=O)N2CC(N)C(CC(C)(C)C)C2)c1.Cl. The fraction of sp³-hybridized carbons (Fsp3) is 0.632. The summed E-state index contributed by atoms with van der Waals surface area (Å²) in [5.74, 6) is 0.625. The molecule has 130 valence electrons. The highest BCUT2D eigenvalue weighted by Gasteiger charge is 2.34. The van der Waals surface area contributed by atoms with Crippen molar-refractivity contribution in [2.24, 2.45) is 17.1 Å². The van der Waals surface area contributed by atoms with Gasteiger partial charge in [-0.15, -0.1) is 12.4 Å². The van der Waals surface area contributed by atoms with Crippen molar-refractivity contribution < 1.29 is 4.79 Å². The number of carbonyl (C=O) groups is 1. The standard InChI is InChI=1S/C19H30N2O.ClH/c1-13-6-14(2)8-15(7-13)9-18(22)21-11-16(17(20)12-21)10-19(3,4)5;/h6-8,16-17H,9-12,20H2,1-5H3;1H. The van der Waals surface area contributed by atoms with E-state index in [0.717, 1.165) is 18.5 Å². The zero-order valence-electron chi connectivity index (χ0n) is 15.1. The molecule has 1 heterocycles. The lowest BCUT2D eigenvalue weighted by atomic mass is 9.83. The molecular weight excluding hydrogens is 308 g/mol. The van der Waals surface area contributed by atoms with Crippen molar-refractivity contribution >= 4 is 18.3 Å². The molecule has 0 saturated carbocycles. The van der Waals surface area contributed by atoms with Crippen LogP contribution in [0.3, 0.4) is 0 Å². The molecule has 1 fully saturated rings. The molecule has 4 heteroatoms. The normalized spacial score (nSPS) is 21.2. The average molecular weight is 339 g/mol. The number of likely N-dealkylation sites (tertiary alicyclic amines) is 1. The minimum Gasteiger partial charge on any atom is -0.341 e. The molecule has 0 radical (unpaired) electrons. The maximum atomic E-state index is 12.6. The first kappa shape index (κ1) is 20.0. The summed E-state index contributed by atoms with van der Waals surface area (Å²) >= 11 is 0. The van der Waals surface area contributed by atoms with Crippen LogP contribution in [0.5, 0.6) is 0 Å². The van der Waals surface area contributed by atoms with E-state index in [0.29, 0.717) is 18.9 Å². The Bertz CT molecular complexity index is 531. The van der Waals surface area contributed by atoms with E-state index in [1.54, 1.807) is 0 Å². The molecule has 1 aromatic carbocycles. The van der Waals surface area contributed by atoms with Gasteiger partial charge in [-0.25, -0.2) is 0 Å². The number of hydrogen-bond donors (Lipinski definition) is 1. The Balaban J connectivity index is 0.00000264. The molecular formula is C19H31ClN2O. The highest BCUT2D eigenvalue weighted by Crippen LogP contribution is 2.30. The van der Waals surface area contributed by atoms with E-state index < -0.39 is 0 Å². The molecule has 1 amide bonds. The summed E-state index contributed by atoms with van der Waals surface area (Å²) in [5, 5.41) is 0. The van der Waals surface area contributed by atoms with Gasteiger partial charge in [0.2, 0.25) is 5.91 Å². The first-order chi connectivity index (χ1) is 10.1. The van der Waals surface area contributed by atoms with Gasteiger partial charge in [-0.2, -0.15) is 0 Å². The lowest BCUT2D eigenvalue weighted by Crippen LogP contribution is -2.33. The molecule has 3 nitrogen and oxygen atoms in total. The Hall–Kier alpha value is -1.06. The van der Waals surface area contributed by atoms with Crippen LogP contribution in [0, 0.1) is 25.2 Å². The Morgan fingerprint density at radius 3 is 2.26 bits per heavy atom. The molecule has 2 N–H and O–H groups in total. The van der Waals surface area contributed by atoms with Crippen LogP contribution in [0.25, 0.3) is 0 Å². The van der Waals surface area contributed by atoms with Crippen LogP contribution in [0.1, 0.15) is 43.9 Å². The molecule has 23 heavy (non-hydrogen) atoms. The van der Waals surface area contributed by atoms with Crippen LogP contribution in [0.2, 0.25) is 0 Å². The number of nitrogens with zero attached hydrogens (tertiary/aromatic N) is 1. The number of amides is 1. The fourth-order valence-electron chi connectivity index (χ4n) is 3.56. The zero-order valence-corrected chi connectivity index (χ0v) is 15.9. The van der Waals surface area contributed by atoms with Crippen LogP contribution in [-0.2, 0) is 11.2 Å². The molecule has 1 saturated heterocycles. The number of rotatable bonds is 3. The second-order valence-corrected chi connectivity index (χ2v) is 8.16. The highest BCUT2D eigenvalue weighted by atomic mass is 35.5. The maximum absolute atomic E-state index is 12.6. The Kier molecular flexibility index (Phi) is 6.67. The minimum atomic E-state index is 0. The fourth-order valence-corrected chi connectivity index (χ4v) is 3.56. The van der Waals surface area contributed by atoms with Gasteiger partial charge in [-0.3, -0.25) is 4.79 Å². The summed E-state index contributed by atoms with van der Waals surface area (Å²) < 4.78 is 0. The van der Waals surface area contributed by atoms with Crippen LogP contribution in [0.4, 0.5) is 0 Å². The van der Waals surface area contributed by atoms with Gasteiger partial charge < -0.3 is 10.6 Å². The van der Waals surface area contributed by atoms with Crippen LogP contribution >= 0.6 is 12.4 Å². The number of halogens is 1. The number of carbonyl (C=O) groups excluding carboxylic acids is 1. The highest BCUT2D eigenvalue weighted by molar-refractivity contribution is 5.85. The van der Waals surface area contributed by atoms with E-state index in [4.69, 9.17) is 5.73 Å². The van der Waals surface area contributed by atoms with Crippen LogP contribution in [-0.4, -0.2) is 29.9 Å². The Morgan fingerprint density at radius 1 is 1.17 bits per heavy atom. The third-order valence-electron chi connectivity index (χ3n) is 4.36. The summed E-state index contributed by atoms with van der Waals surface area (Å²) in [6, 6.07) is 6.46. The lowest BCUT2D eigenvalue weighted by molar-refractivity contribution is -0.129. The predicted molar refractivity (Wildman–Crippen MR) is 99.0 cm³/mol. The lowest BCUT2D eigenvalue weighted by Gasteiger charge is -2.24. The third kappa shape index (κ3) is 5.82. The van der Waals surface area contributed by atoms with E-state index >= 15 is 0 Å². The summed E-state index contributed by atoms with van der Waals surface area (Å²) in [6.45, 7) is 12.4. The van der Waals surface area contributed by atoms with Gasteiger partial charge in [0, 0.05) is 19.1 Å².